The van der Waals surface area contributed by atoms with Crippen LogP contribution in [-0.4, -0.2) is 57.8 Å². The lowest BCUT2D eigenvalue weighted by Gasteiger charge is -2.37. The van der Waals surface area contributed by atoms with Crippen molar-refractivity contribution < 1.29 is 14.3 Å². The first-order chi connectivity index (χ1) is 15.0. The lowest BCUT2D eigenvalue weighted by molar-refractivity contribution is -0.143. The highest BCUT2D eigenvalue weighted by molar-refractivity contribution is 6.27. The normalized spacial score (nSPS) is 11.5. The van der Waals surface area contributed by atoms with E-state index in [4.69, 9.17) is 16.3 Å². The molecule has 6 nitrogen and oxygen atoms in total. The van der Waals surface area contributed by atoms with Gasteiger partial charge in [-0.1, -0.05) is 26.0 Å². The molecule has 0 aliphatic heterocycles. The molecule has 0 saturated heterocycles. The predicted molar refractivity (Wildman–Crippen MR) is 129 cm³/mol. The molecule has 0 aliphatic carbocycles. The van der Waals surface area contributed by atoms with Gasteiger partial charge in [0, 0.05) is 30.5 Å². The van der Waals surface area contributed by atoms with Crippen molar-refractivity contribution in [1.82, 2.24) is 14.4 Å². The molecular formula is C25H36ClN3O3. The Morgan fingerprint density at radius 1 is 1.12 bits per heavy atom. The number of ether oxygens (including phenoxy) is 1. The van der Waals surface area contributed by atoms with E-state index < -0.39 is 5.54 Å². The summed E-state index contributed by atoms with van der Waals surface area (Å²) in [7, 11) is 1.66. The van der Waals surface area contributed by atoms with Crippen molar-refractivity contribution in [1.29, 1.82) is 0 Å². The highest BCUT2D eigenvalue weighted by atomic mass is 35.5. The molecule has 1 aromatic carbocycles. The van der Waals surface area contributed by atoms with Gasteiger partial charge in [0.05, 0.1) is 20.2 Å². The Labute approximate surface area is 197 Å². The van der Waals surface area contributed by atoms with Crippen LogP contribution in [0.4, 0.5) is 0 Å². The van der Waals surface area contributed by atoms with Crippen molar-refractivity contribution in [3.63, 3.8) is 0 Å². The Morgan fingerprint density at radius 2 is 1.84 bits per heavy atom. The summed E-state index contributed by atoms with van der Waals surface area (Å²) in [5.41, 5.74) is 1.73. The molecule has 0 bridgehead atoms. The first-order valence-corrected chi connectivity index (χ1v) is 11.5. The molecule has 32 heavy (non-hydrogen) atoms. The molecule has 2 amide bonds. The maximum Gasteiger partial charge on any atom is 0.242 e. The van der Waals surface area contributed by atoms with E-state index in [-0.39, 0.29) is 30.2 Å². The maximum absolute atomic E-state index is 13.3. The van der Waals surface area contributed by atoms with E-state index in [1.54, 1.807) is 12.0 Å². The first kappa shape index (κ1) is 25.8. The maximum atomic E-state index is 13.3. The minimum Gasteiger partial charge on any atom is -0.497 e. The van der Waals surface area contributed by atoms with Gasteiger partial charge in [0.25, 0.3) is 0 Å². The molecule has 0 atom stereocenters. The summed E-state index contributed by atoms with van der Waals surface area (Å²) in [6, 6.07) is 12.0. The zero-order valence-electron chi connectivity index (χ0n) is 20.1. The van der Waals surface area contributed by atoms with Crippen LogP contribution >= 0.6 is 11.6 Å². The van der Waals surface area contributed by atoms with Crippen molar-refractivity contribution in [2.75, 3.05) is 26.1 Å². The van der Waals surface area contributed by atoms with E-state index >= 15 is 0 Å². The summed E-state index contributed by atoms with van der Waals surface area (Å²) in [6.45, 7) is 11.7. The number of carbonyl (C=O) groups excluding carboxylic acids is 2. The highest BCUT2D eigenvalue weighted by Crippen LogP contribution is 2.21. The topological polar surface area (TPSA) is 54.8 Å². The Balaban J connectivity index is 2.22. The minimum absolute atomic E-state index is 0.0254. The third kappa shape index (κ3) is 7.30. The molecule has 0 N–H and O–H groups in total. The lowest BCUT2D eigenvalue weighted by Crippen LogP contribution is -2.51. The van der Waals surface area contributed by atoms with Crippen LogP contribution in [0.5, 0.6) is 5.75 Å². The molecule has 0 aliphatic rings. The number of amides is 2. The Bertz CT molecular complexity index is 902. The van der Waals surface area contributed by atoms with E-state index in [9.17, 15) is 9.59 Å². The average molecular weight is 462 g/mol. The Kier molecular flexibility index (Phi) is 9.20. The summed E-state index contributed by atoms with van der Waals surface area (Å²) in [4.78, 5) is 29.0. The second-order valence-electron chi connectivity index (χ2n) is 9.43. The first-order valence-electron chi connectivity index (χ1n) is 11.0. The van der Waals surface area contributed by atoms with E-state index in [1.165, 1.54) is 0 Å². The van der Waals surface area contributed by atoms with Crippen molar-refractivity contribution in [2.24, 2.45) is 5.92 Å². The number of halogens is 1. The predicted octanol–water partition coefficient (Wildman–Crippen LogP) is 4.40. The summed E-state index contributed by atoms with van der Waals surface area (Å²) in [6.07, 6.45) is 2.02. The van der Waals surface area contributed by atoms with Gasteiger partial charge in [0.15, 0.2) is 0 Å². The van der Waals surface area contributed by atoms with Gasteiger partial charge in [0.1, 0.15) is 11.6 Å². The van der Waals surface area contributed by atoms with Gasteiger partial charge < -0.3 is 19.1 Å². The zero-order valence-corrected chi connectivity index (χ0v) is 20.9. The van der Waals surface area contributed by atoms with E-state index in [0.29, 0.717) is 19.6 Å². The molecule has 1 heterocycles. The Morgan fingerprint density at radius 3 is 2.44 bits per heavy atom. The fourth-order valence-electron chi connectivity index (χ4n) is 3.60. The van der Waals surface area contributed by atoms with Gasteiger partial charge in [0.2, 0.25) is 11.8 Å². The van der Waals surface area contributed by atoms with E-state index in [1.807, 2.05) is 76.0 Å². The SMILES string of the molecule is COc1cccc(Cn2cccc2CN(C(=O)CN(CC(C)C)C(=O)CCl)C(C)(C)C)c1. The summed E-state index contributed by atoms with van der Waals surface area (Å²) in [5.74, 6) is 0.628. The molecule has 0 saturated carbocycles. The third-order valence-corrected chi connectivity index (χ3v) is 5.45. The van der Waals surface area contributed by atoms with Gasteiger partial charge in [-0.2, -0.15) is 0 Å². The fraction of sp³-hybridized carbons (Fsp3) is 0.520. The Hall–Kier alpha value is -2.47. The number of hydrogen-bond acceptors (Lipinski definition) is 3. The molecule has 176 valence electrons. The van der Waals surface area contributed by atoms with E-state index in [0.717, 1.165) is 17.0 Å². The number of benzene rings is 1. The lowest BCUT2D eigenvalue weighted by atomic mass is 10.0. The van der Waals surface area contributed by atoms with Gasteiger partial charge in [-0.05, 0) is 56.5 Å². The number of hydrogen-bond donors (Lipinski definition) is 0. The number of methoxy groups -OCH3 is 1. The zero-order chi connectivity index (χ0) is 23.9. The fourth-order valence-corrected chi connectivity index (χ4v) is 3.77. The summed E-state index contributed by atoms with van der Waals surface area (Å²) < 4.78 is 7.47. The highest BCUT2D eigenvalue weighted by Gasteiger charge is 2.29. The van der Waals surface area contributed by atoms with Crippen LogP contribution in [0.3, 0.4) is 0 Å². The third-order valence-electron chi connectivity index (χ3n) is 5.22. The average Bonchev–Trinajstić information content (AvgIpc) is 3.16. The smallest absolute Gasteiger partial charge is 0.242 e. The minimum atomic E-state index is -0.407. The molecule has 0 spiro atoms. The molecule has 1 aromatic heterocycles. The van der Waals surface area contributed by atoms with Crippen LogP contribution in [0.25, 0.3) is 0 Å². The van der Waals surface area contributed by atoms with Gasteiger partial charge in [-0.15, -0.1) is 11.6 Å². The standard InChI is InChI=1S/C25H36ClN3O3/c1-19(2)15-28(23(30)14-26)18-24(31)29(25(3,4)5)17-21-10-8-12-27(21)16-20-9-7-11-22(13-20)32-6/h7-13,19H,14-18H2,1-6H3. The molecule has 0 unspecified atom stereocenters. The van der Waals surface area contributed by atoms with E-state index in [2.05, 4.69) is 10.6 Å². The van der Waals surface area contributed by atoms with Gasteiger partial charge in [-0.3, -0.25) is 9.59 Å². The van der Waals surface area contributed by atoms with Crippen molar-refractivity contribution >= 4 is 23.4 Å². The van der Waals surface area contributed by atoms with Crippen molar-refractivity contribution in [3.8, 4) is 5.75 Å². The van der Waals surface area contributed by atoms with Crippen LogP contribution in [0.2, 0.25) is 0 Å². The molecular weight excluding hydrogens is 426 g/mol. The van der Waals surface area contributed by atoms with Crippen LogP contribution < -0.4 is 4.74 Å². The summed E-state index contributed by atoms with van der Waals surface area (Å²) >= 11 is 5.79. The van der Waals surface area contributed by atoms with Crippen LogP contribution in [-0.2, 0) is 22.7 Å². The van der Waals surface area contributed by atoms with Crippen LogP contribution in [0.1, 0.15) is 45.9 Å². The molecule has 2 aromatic rings. The second-order valence-corrected chi connectivity index (χ2v) is 9.70. The monoisotopic (exact) mass is 461 g/mol. The van der Waals surface area contributed by atoms with Crippen molar-refractivity contribution in [3.05, 3.63) is 53.9 Å². The quantitative estimate of drug-likeness (QED) is 0.493. The number of rotatable bonds is 10. The largest absolute Gasteiger partial charge is 0.497 e. The molecule has 0 fully saturated rings. The number of alkyl halides is 1. The number of nitrogens with zero attached hydrogens (tertiary/aromatic N) is 3. The van der Waals surface area contributed by atoms with Crippen LogP contribution in [0, 0.1) is 5.92 Å². The van der Waals surface area contributed by atoms with Crippen molar-refractivity contribution in [2.45, 2.75) is 53.2 Å². The molecule has 0 radical (unpaired) electrons. The van der Waals surface area contributed by atoms with Gasteiger partial charge in [-0.25, -0.2) is 0 Å². The summed E-state index contributed by atoms with van der Waals surface area (Å²) in [5, 5.41) is 0. The van der Waals surface area contributed by atoms with Gasteiger partial charge >= 0.3 is 0 Å². The van der Waals surface area contributed by atoms with Crippen LogP contribution in [0.15, 0.2) is 42.6 Å². The molecule has 2 rings (SSSR count). The molecule has 7 heteroatoms. The number of aromatic nitrogens is 1. The number of carbonyl (C=O) groups is 2. The second kappa shape index (κ2) is 11.4.